The predicted octanol–water partition coefficient (Wildman–Crippen LogP) is 3.47. The molecule has 116 valence electrons. The fourth-order valence-electron chi connectivity index (χ4n) is 2.08. The third-order valence-electron chi connectivity index (χ3n) is 2.99. The van der Waals surface area contributed by atoms with Gasteiger partial charge in [0.2, 0.25) is 5.91 Å². The third kappa shape index (κ3) is 5.58. The minimum Gasteiger partial charge on any atom is -0.460 e. The van der Waals surface area contributed by atoms with E-state index >= 15 is 0 Å². The van der Waals surface area contributed by atoms with Crippen LogP contribution in [0.25, 0.3) is 0 Å². The van der Waals surface area contributed by atoms with Gasteiger partial charge in [-0.3, -0.25) is 9.59 Å². The number of esters is 1. The maximum Gasteiger partial charge on any atom is 0.306 e. The average Bonchev–Trinajstić information content (AvgIpc) is 2.37. The largest absolute Gasteiger partial charge is 0.460 e. The molecule has 0 saturated carbocycles. The van der Waals surface area contributed by atoms with Crippen molar-refractivity contribution in [3.63, 3.8) is 0 Å². The molecular weight excluding hydrogens is 266 g/mol. The number of hydrogen-bond acceptors (Lipinski definition) is 3. The molecule has 4 nitrogen and oxygen atoms in total. The van der Waals surface area contributed by atoms with Crippen molar-refractivity contribution in [2.24, 2.45) is 0 Å². The molecule has 0 heterocycles. The molecule has 0 aliphatic heterocycles. The molecule has 1 aromatic rings. The number of carbonyl (C=O) groups is 2. The number of carbonyl (C=O) groups excluding carboxylic acids is 2. The molecule has 0 unspecified atom stereocenters. The zero-order chi connectivity index (χ0) is 16.0. The highest BCUT2D eigenvalue weighted by Crippen LogP contribution is 2.20. The summed E-state index contributed by atoms with van der Waals surface area (Å²) in [7, 11) is 0. The van der Waals surface area contributed by atoms with Gasteiger partial charge in [0.1, 0.15) is 5.60 Å². The van der Waals surface area contributed by atoms with Gasteiger partial charge in [-0.25, -0.2) is 0 Å². The van der Waals surface area contributed by atoms with Gasteiger partial charge in [-0.1, -0.05) is 18.2 Å². The average molecular weight is 291 g/mol. The summed E-state index contributed by atoms with van der Waals surface area (Å²) in [5, 5.41) is 0. The van der Waals surface area contributed by atoms with Crippen molar-refractivity contribution in [2.75, 3.05) is 11.4 Å². The molecule has 0 aliphatic rings. The first-order chi connectivity index (χ1) is 9.74. The van der Waals surface area contributed by atoms with Gasteiger partial charge in [-0.05, 0) is 46.2 Å². The molecular formula is C17H25NO3. The molecule has 0 aromatic heterocycles. The Kier molecular flexibility index (Phi) is 5.94. The molecule has 4 heteroatoms. The van der Waals surface area contributed by atoms with E-state index < -0.39 is 5.60 Å². The lowest BCUT2D eigenvalue weighted by atomic mass is 10.1. The molecule has 0 aliphatic carbocycles. The number of nitrogens with zero attached hydrogens (tertiary/aromatic N) is 1. The zero-order valence-corrected chi connectivity index (χ0v) is 13.6. The molecule has 0 saturated heterocycles. The number of para-hydroxylation sites is 1. The van der Waals surface area contributed by atoms with Crippen molar-refractivity contribution in [3.8, 4) is 0 Å². The minimum absolute atomic E-state index is 0.0577. The summed E-state index contributed by atoms with van der Waals surface area (Å²) in [6.45, 7) is 9.93. The normalized spacial score (nSPS) is 11.1. The summed E-state index contributed by atoms with van der Waals surface area (Å²) in [5.41, 5.74) is 1.43. The topological polar surface area (TPSA) is 46.6 Å². The lowest BCUT2D eigenvalue weighted by Crippen LogP contribution is -2.32. The van der Waals surface area contributed by atoms with Crippen LogP contribution in [0.4, 0.5) is 5.69 Å². The third-order valence-corrected chi connectivity index (χ3v) is 2.99. The Hall–Kier alpha value is -1.84. The van der Waals surface area contributed by atoms with E-state index in [1.807, 2.05) is 58.9 Å². The van der Waals surface area contributed by atoms with E-state index in [-0.39, 0.29) is 24.7 Å². The predicted molar refractivity (Wildman–Crippen MR) is 84.3 cm³/mol. The number of ether oxygens (including phenoxy) is 1. The van der Waals surface area contributed by atoms with E-state index in [4.69, 9.17) is 4.74 Å². The van der Waals surface area contributed by atoms with Crippen LogP contribution in [-0.4, -0.2) is 24.0 Å². The molecule has 1 rings (SSSR count). The molecule has 1 aromatic carbocycles. The van der Waals surface area contributed by atoms with Crippen LogP contribution in [0.2, 0.25) is 0 Å². The number of rotatable bonds is 5. The highest BCUT2D eigenvalue weighted by molar-refractivity contribution is 5.95. The smallest absolute Gasteiger partial charge is 0.306 e. The van der Waals surface area contributed by atoms with E-state index in [1.165, 1.54) is 0 Å². The summed E-state index contributed by atoms with van der Waals surface area (Å²) in [6, 6.07) is 7.74. The van der Waals surface area contributed by atoms with E-state index in [9.17, 15) is 9.59 Å². The van der Waals surface area contributed by atoms with Gasteiger partial charge in [-0.2, -0.15) is 0 Å². The number of anilines is 1. The maximum absolute atomic E-state index is 12.3. The summed E-state index contributed by atoms with van der Waals surface area (Å²) in [6.07, 6.45) is 0.273. The van der Waals surface area contributed by atoms with Crippen LogP contribution in [0.15, 0.2) is 24.3 Å². The first-order valence-electron chi connectivity index (χ1n) is 7.32. The van der Waals surface area contributed by atoms with Gasteiger partial charge in [0.05, 0.1) is 6.42 Å². The number of aryl methyl sites for hydroxylation is 1. The van der Waals surface area contributed by atoms with Gasteiger partial charge in [0.25, 0.3) is 0 Å². The highest BCUT2D eigenvalue weighted by Gasteiger charge is 2.20. The zero-order valence-electron chi connectivity index (χ0n) is 13.6. The molecule has 0 N–H and O–H groups in total. The number of benzene rings is 1. The Morgan fingerprint density at radius 1 is 1.14 bits per heavy atom. The Labute approximate surface area is 127 Å². The molecule has 0 radical (unpaired) electrons. The Morgan fingerprint density at radius 3 is 2.29 bits per heavy atom. The second-order valence-corrected chi connectivity index (χ2v) is 6.01. The van der Waals surface area contributed by atoms with E-state index in [1.54, 1.807) is 4.90 Å². The van der Waals surface area contributed by atoms with Crippen molar-refractivity contribution in [3.05, 3.63) is 29.8 Å². The maximum atomic E-state index is 12.3. The lowest BCUT2D eigenvalue weighted by Gasteiger charge is -2.23. The van der Waals surface area contributed by atoms with Crippen LogP contribution in [0.1, 0.15) is 46.1 Å². The van der Waals surface area contributed by atoms with Gasteiger partial charge >= 0.3 is 5.97 Å². The van der Waals surface area contributed by atoms with Gasteiger partial charge in [-0.15, -0.1) is 0 Å². The van der Waals surface area contributed by atoms with E-state index in [2.05, 4.69) is 0 Å². The van der Waals surface area contributed by atoms with Crippen molar-refractivity contribution in [1.82, 2.24) is 0 Å². The molecule has 0 bridgehead atoms. The van der Waals surface area contributed by atoms with Gasteiger partial charge in [0.15, 0.2) is 0 Å². The summed E-state index contributed by atoms with van der Waals surface area (Å²) in [5.74, 6) is -0.394. The van der Waals surface area contributed by atoms with Crippen LogP contribution >= 0.6 is 0 Å². The SMILES string of the molecule is CCN(C(=O)CCC(=O)OC(C)(C)C)c1ccccc1C. The molecule has 1 amide bonds. The molecule has 0 spiro atoms. The molecule has 21 heavy (non-hydrogen) atoms. The van der Waals surface area contributed by atoms with Crippen molar-refractivity contribution >= 4 is 17.6 Å². The van der Waals surface area contributed by atoms with Gasteiger partial charge < -0.3 is 9.64 Å². The number of hydrogen-bond donors (Lipinski definition) is 0. The first-order valence-corrected chi connectivity index (χ1v) is 7.32. The van der Waals surface area contributed by atoms with Crippen LogP contribution in [0.5, 0.6) is 0 Å². The summed E-state index contributed by atoms with van der Waals surface area (Å²) >= 11 is 0. The second-order valence-electron chi connectivity index (χ2n) is 6.01. The highest BCUT2D eigenvalue weighted by atomic mass is 16.6. The summed E-state index contributed by atoms with van der Waals surface area (Å²) in [4.78, 5) is 25.7. The monoisotopic (exact) mass is 291 g/mol. The van der Waals surface area contributed by atoms with Crippen LogP contribution in [0.3, 0.4) is 0 Å². The van der Waals surface area contributed by atoms with Crippen molar-refractivity contribution < 1.29 is 14.3 Å². The first kappa shape index (κ1) is 17.2. The van der Waals surface area contributed by atoms with Crippen LogP contribution in [-0.2, 0) is 14.3 Å². The van der Waals surface area contributed by atoms with Crippen LogP contribution < -0.4 is 4.90 Å². The standard InChI is InChI=1S/C17H25NO3/c1-6-18(14-10-8-7-9-13(14)2)15(19)11-12-16(20)21-17(3,4)5/h7-10H,6,11-12H2,1-5H3. The van der Waals surface area contributed by atoms with E-state index in [0.717, 1.165) is 11.3 Å². The minimum atomic E-state index is -0.513. The Bertz CT molecular complexity index is 503. The molecule has 0 atom stereocenters. The fourth-order valence-corrected chi connectivity index (χ4v) is 2.08. The van der Waals surface area contributed by atoms with Gasteiger partial charge in [0, 0.05) is 18.7 Å². The lowest BCUT2D eigenvalue weighted by molar-refractivity contribution is -0.155. The quantitative estimate of drug-likeness (QED) is 0.780. The second kappa shape index (κ2) is 7.25. The van der Waals surface area contributed by atoms with E-state index in [0.29, 0.717) is 6.54 Å². The van der Waals surface area contributed by atoms with Crippen molar-refractivity contribution in [2.45, 2.75) is 53.1 Å². The Balaban J connectivity index is 2.65. The molecule has 0 fully saturated rings. The Morgan fingerprint density at radius 2 is 1.76 bits per heavy atom. The summed E-state index contributed by atoms with van der Waals surface area (Å²) < 4.78 is 5.22. The van der Waals surface area contributed by atoms with Crippen LogP contribution in [0, 0.1) is 6.92 Å². The fraction of sp³-hybridized carbons (Fsp3) is 0.529. The van der Waals surface area contributed by atoms with Crippen molar-refractivity contribution in [1.29, 1.82) is 0 Å². The number of amides is 1.